The van der Waals surface area contributed by atoms with Gasteiger partial charge in [0.25, 0.3) is 0 Å². The van der Waals surface area contributed by atoms with Gasteiger partial charge in [0.05, 0.1) is 0 Å². The Morgan fingerprint density at radius 1 is 1.42 bits per heavy atom. The maximum atomic E-state index is 12.6. The van der Waals surface area contributed by atoms with Gasteiger partial charge in [-0.25, -0.2) is 0 Å². The number of benzene rings is 1. The van der Waals surface area contributed by atoms with Crippen LogP contribution in [0.25, 0.3) is 0 Å². The van der Waals surface area contributed by atoms with Gasteiger partial charge in [-0.1, -0.05) is 36.8 Å². The SMILES string of the molecule is CCC1(NC(=O)C(c2cccc(C)c2)N(C)C)CC1. The molecule has 3 nitrogen and oxygen atoms in total. The predicted octanol–water partition coefficient (Wildman–Crippen LogP) is 2.66. The molecule has 1 fully saturated rings. The van der Waals surface area contributed by atoms with Crippen molar-refractivity contribution in [1.82, 2.24) is 10.2 Å². The van der Waals surface area contributed by atoms with Crippen molar-refractivity contribution in [2.45, 2.75) is 44.7 Å². The topological polar surface area (TPSA) is 32.3 Å². The average Bonchev–Trinajstić information content (AvgIpc) is 3.09. The molecule has 19 heavy (non-hydrogen) atoms. The van der Waals surface area contributed by atoms with Gasteiger partial charge < -0.3 is 5.32 Å². The molecule has 3 heteroatoms. The molecule has 0 heterocycles. The largest absolute Gasteiger partial charge is 0.349 e. The highest BCUT2D eigenvalue weighted by molar-refractivity contribution is 5.84. The predicted molar refractivity (Wildman–Crippen MR) is 78.0 cm³/mol. The third-order valence-electron chi connectivity index (χ3n) is 4.04. The summed E-state index contributed by atoms with van der Waals surface area (Å²) in [6.45, 7) is 4.20. The van der Waals surface area contributed by atoms with E-state index in [1.807, 2.05) is 31.1 Å². The minimum absolute atomic E-state index is 0.0785. The smallest absolute Gasteiger partial charge is 0.242 e. The van der Waals surface area contributed by atoms with Crippen molar-refractivity contribution in [3.8, 4) is 0 Å². The first-order valence-corrected chi connectivity index (χ1v) is 7.02. The number of nitrogens with zero attached hydrogens (tertiary/aromatic N) is 1. The van der Waals surface area contributed by atoms with Gasteiger partial charge in [0.15, 0.2) is 0 Å². The standard InChI is InChI=1S/C16H24N2O/c1-5-16(9-10-16)17-15(19)14(18(3)4)13-8-6-7-12(2)11-13/h6-8,11,14H,5,9-10H2,1-4H3,(H,17,19). The van der Waals surface area contributed by atoms with Gasteiger partial charge in [0.1, 0.15) is 6.04 Å². The van der Waals surface area contributed by atoms with Crippen LogP contribution in [0.15, 0.2) is 24.3 Å². The highest BCUT2D eigenvalue weighted by Crippen LogP contribution is 2.39. The number of hydrogen-bond donors (Lipinski definition) is 1. The van der Waals surface area contributed by atoms with E-state index in [2.05, 4.69) is 31.3 Å². The molecule has 1 aliphatic rings. The molecule has 1 saturated carbocycles. The molecule has 0 aromatic heterocycles. The number of hydrogen-bond acceptors (Lipinski definition) is 2. The van der Waals surface area contributed by atoms with Crippen molar-refractivity contribution >= 4 is 5.91 Å². The third kappa shape index (κ3) is 3.16. The van der Waals surface area contributed by atoms with Gasteiger partial charge in [-0.05, 0) is 45.8 Å². The summed E-state index contributed by atoms with van der Waals surface area (Å²) in [6.07, 6.45) is 3.25. The van der Waals surface area contributed by atoms with Crippen LogP contribution in [0.1, 0.15) is 43.4 Å². The second-order valence-electron chi connectivity index (χ2n) is 5.90. The van der Waals surface area contributed by atoms with Crippen molar-refractivity contribution < 1.29 is 4.79 Å². The summed E-state index contributed by atoms with van der Waals surface area (Å²) >= 11 is 0. The van der Waals surface area contributed by atoms with E-state index in [1.165, 1.54) is 5.56 Å². The molecular formula is C16H24N2O. The van der Waals surface area contributed by atoms with E-state index < -0.39 is 0 Å². The first-order chi connectivity index (χ1) is 8.97. The van der Waals surface area contributed by atoms with Crippen molar-refractivity contribution in [1.29, 1.82) is 0 Å². The lowest BCUT2D eigenvalue weighted by atomic mass is 10.0. The normalized spacial score (nSPS) is 18.2. The fraction of sp³-hybridized carbons (Fsp3) is 0.562. The summed E-state index contributed by atoms with van der Waals surface area (Å²) in [5.41, 5.74) is 2.33. The van der Waals surface area contributed by atoms with Gasteiger partial charge in [0, 0.05) is 5.54 Å². The zero-order chi connectivity index (χ0) is 14.0. The minimum atomic E-state index is -0.205. The Balaban J connectivity index is 2.18. The van der Waals surface area contributed by atoms with Crippen molar-refractivity contribution in [3.63, 3.8) is 0 Å². The Bertz CT molecular complexity index is 464. The number of amides is 1. The molecule has 1 amide bonds. The molecule has 104 valence electrons. The Morgan fingerprint density at radius 2 is 2.11 bits per heavy atom. The molecule has 1 N–H and O–H groups in total. The molecule has 0 bridgehead atoms. The minimum Gasteiger partial charge on any atom is -0.349 e. The van der Waals surface area contributed by atoms with E-state index in [0.717, 1.165) is 24.8 Å². The summed E-state index contributed by atoms with van der Waals surface area (Å²) in [6, 6.07) is 7.99. The summed E-state index contributed by atoms with van der Waals surface area (Å²) in [5.74, 6) is 0.120. The van der Waals surface area contributed by atoms with Gasteiger partial charge in [-0.15, -0.1) is 0 Å². The fourth-order valence-electron chi connectivity index (χ4n) is 2.57. The lowest BCUT2D eigenvalue weighted by Gasteiger charge is -2.26. The summed E-state index contributed by atoms with van der Waals surface area (Å²) in [7, 11) is 3.91. The molecule has 1 aliphatic carbocycles. The van der Waals surface area contributed by atoms with Crippen LogP contribution in [0.5, 0.6) is 0 Å². The van der Waals surface area contributed by atoms with E-state index in [1.54, 1.807) is 0 Å². The lowest BCUT2D eigenvalue weighted by molar-refractivity contribution is -0.126. The Labute approximate surface area is 116 Å². The maximum absolute atomic E-state index is 12.6. The van der Waals surface area contributed by atoms with Crippen LogP contribution in [-0.4, -0.2) is 30.4 Å². The van der Waals surface area contributed by atoms with E-state index in [9.17, 15) is 4.79 Å². The molecule has 0 aliphatic heterocycles. The third-order valence-corrected chi connectivity index (χ3v) is 4.04. The Hall–Kier alpha value is -1.35. The molecule has 0 radical (unpaired) electrons. The first kappa shape index (κ1) is 14.1. The summed E-state index contributed by atoms with van der Waals surface area (Å²) < 4.78 is 0. The highest BCUT2D eigenvalue weighted by Gasteiger charge is 2.43. The zero-order valence-electron chi connectivity index (χ0n) is 12.4. The molecule has 1 aromatic carbocycles. The average molecular weight is 260 g/mol. The number of carbonyl (C=O) groups is 1. The van der Waals surface area contributed by atoms with Gasteiger partial charge in [-0.3, -0.25) is 9.69 Å². The van der Waals surface area contributed by atoms with E-state index in [0.29, 0.717) is 0 Å². The molecule has 0 saturated heterocycles. The number of nitrogens with one attached hydrogen (secondary N) is 1. The molecule has 0 spiro atoms. The molecule has 1 unspecified atom stereocenters. The molecule has 2 rings (SSSR count). The molecule has 1 atom stereocenters. The second-order valence-corrected chi connectivity index (χ2v) is 5.90. The van der Waals surface area contributed by atoms with Gasteiger partial charge >= 0.3 is 0 Å². The van der Waals surface area contributed by atoms with Crippen LogP contribution < -0.4 is 5.32 Å². The van der Waals surface area contributed by atoms with E-state index in [-0.39, 0.29) is 17.5 Å². The van der Waals surface area contributed by atoms with Crippen LogP contribution in [0.3, 0.4) is 0 Å². The first-order valence-electron chi connectivity index (χ1n) is 7.02. The summed E-state index contributed by atoms with van der Waals surface area (Å²) in [5, 5.41) is 3.24. The summed E-state index contributed by atoms with van der Waals surface area (Å²) in [4.78, 5) is 14.5. The van der Waals surface area contributed by atoms with Crippen LogP contribution in [0, 0.1) is 6.92 Å². The second kappa shape index (κ2) is 5.33. The maximum Gasteiger partial charge on any atom is 0.242 e. The number of likely N-dealkylation sites (N-methyl/N-ethyl adjacent to an activating group) is 1. The van der Waals surface area contributed by atoms with Crippen LogP contribution in [0.2, 0.25) is 0 Å². The van der Waals surface area contributed by atoms with E-state index >= 15 is 0 Å². The number of aryl methyl sites for hydroxylation is 1. The van der Waals surface area contributed by atoms with E-state index in [4.69, 9.17) is 0 Å². The van der Waals surface area contributed by atoms with Crippen LogP contribution >= 0.6 is 0 Å². The van der Waals surface area contributed by atoms with Crippen molar-refractivity contribution in [2.24, 2.45) is 0 Å². The quantitative estimate of drug-likeness (QED) is 0.882. The van der Waals surface area contributed by atoms with Gasteiger partial charge in [0.2, 0.25) is 5.91 Å². The molecular weight excluding hydrogens is 236 g/mol. The van der Waals surface area contributed by atoms with Crippen molar-refractivity contribution in [2.75, 3.05) is 14.1 Å². The zero-order valence-corrected chi connectivity index (χ0v) is 12.4. The fourth-order valence-corrected chi connectivity index (χ4v) is 2.57. The Kier molecular flexibility index (Phi) is 3.95. The highest BCUT2D eigenvalue weighted by atomic mass is 16.2. The number of rotatable bonds is 5. The van der Waals surface area contributed by atoms with Gasteiger partial charge in [-0.2, -0.15) is 0 Å². The van der Waals surface area contributed by atoms with Crippen LogP contribution in [0.4, 0.5) is 0 Å². The van der Waals surface area contributed by atoms with Crippen LogP contribution in [-0.2, 0) is 4.79 Å². The van der Waals surface area contributed by atoms with Crippen molar-refractivity contribution in [3.05, 3.63) is 35.4 Å². The Morgan fingerprint density at radius 3 is 2.58 bits per heavy atom. The number of carbonyl (C=O) groups excluding carboxylic acids is 1. The monoisotopic (exact) mass is 260 g/mol. The lowest BCUT2D eigenvalue weighted by Crippen LogP contribution is -2.43. The molecule has 1 aromatic rings.